The first-order valence-electron chi connectivity index (χ1n) is 5.61. The zero-order chi connectivity index (χ0) is 13.8. The quantitative estimate of drug-likeness (QED) is 0.870. The second-order valence-corrected chi connectivity index (χ2v) is 4.73. The highest BCUT2D eigenvalue weighted by Gasteiger charge is 2.17. The van der Waals surface area contributed by atoms with Gasteiger partial charge in [0.15, 0.2) is 5.69 Å². The maximum atomic E-state index is 11.7. The van der Waals surface area contributed by atoms with Crippen molar-refractivity contribution in [3.8, 4) is 0 Å². The number of nitrogens with zero attached hydrogens (tertiary/aromatic N) is 1. The van der Waals surface area contributed by atoms with Crippen LogP contribution in [0.15, 0.2) is 22.9 Å². The monoisotopic (exact) mass is 280 g/mol. The standard InChI is InChI=1S/C12H12N2O4S/c1-3-17-12(16)10-7(2)6-9(19-10)13-11(15)8-4-5-18-14-8/h4-6H,3H2,1-2H3,(H,13,15). The SMILES string of the molecule is CCOC(=O)c1sc(NC(=O)c2ccon2)cc1C. The highest BCUT2D eigenvalue weighted by molar-refractivity contribution is 7.18. The molecule has 0 aliphatic carbocycles. The summed E-state index contributed by atoms with van der Waals surface area (Å²) in [5.74, 6) is -0.766. The zero-order valence-electron chi connectivity index (χ0n) is 10.4. The second-order valence-electron chi connectivity index (χ2n) is 3.68. The number of carbonyl (C=O) groups is 2. The van der Waals surface area contributed by atoms with Crippen molar-refractivity contribution in [2.45, 2.75) is 13.8 Å². The number of hydrogen-bond acceptors (Lipinski definition) is 6. The lowest BCUT2D eigenvalue weighted by Crippen LogP contribution is -2.10. The van der Waals surface area contributed by atoms with Gasteiger partial charge >= 0.3 is 5.97 Å². The van der Waals surface area contributed by atoms with Crippen LogP contribution in [0.5, 0.6) is 0 Å². The number of aryl methyl sites for hydroxylation is 1. The average molecular weight is 280 g/mol. The molecule has 0 radical (unpaired) electrons. The van der Waals surface area contributed by atoms with Crippen molar-refractivity contribution in [1.82, 2.24) is 5.16 Å². The predicted octanol–water partition coefficient (Wildman–Crippen LogP) is 2.47. The lowest BCUT2D eigenvalue weighted by molar-refractivity contribution is 0.0531. The number of hydrogen-bond donors (Lipinski definition) is 1. The molecule has 6 nitrogen and oxygen atoms in total. The van der Waals surface area contributed by atoms with Crippen LogP contribution in [0.4, 0.5) is 5.00 Å². The van der Waals surface area contributed by atoms with E-state index >= 15 is 0 Å². The third-order valence-corrected chi connectivity index (χ3v) is 3.42. The van der Waals surface area contributed by atoms with E-state index in [2.05, 4.69) is 15.0 Å². The molecule has 0 bridgehead atoms. The molecule has 7 heteroatoms. The van der Waals surface area contributed by atoms with Crippen molar-refractivity contribution in [1.29, 1.82) is 0 Å². The number of anilines is 1. The fourth-order valence-corrected chi connectivity index (χ4v) is 2.41. The first-order chi connectivity index (χ1) is 9.11. The van der Waals surface area contributed by atoms with Crippen LogP contribution in [0.25, 0.3) is 0 Å². The van der Waals surface area contributed by atoms with Gasteiger partial charge < -0.3 is 14.6 Å². The summed E-state index contributed by atoms with van der Waals surface area (Å²) in [6.07, 6.45) is 1.32. The molecule has 0 spiro atoms. The number of ether oxygens (including phenoxy) is 1. The van der Waals surface area contributed by atoms with Gasteiger partial charge in [0.05, 0.1) is 11.6 Å². The number of aromatic nitrogens is 1. The minimum Gasteiger partial charge on any atom is -0.462 e. The lowest BCUT2D eigenvalue weighted by Gasteiger charge is -1.99. The summed E-state index contributed by atoms with van der Waals surface area (Å²) in [6, 6.07) is 3.18. The molecule has 0 unspecified atom stereocenters. The van der Waals surface area contributed by atoms with Gasteiger partial charge in [0.1, 0.15) is 11.1 Å². The molecule has 0 saturated carbocycles. The van der Waals surface area contributed by atoms with Crippen LogP contribution in [0.2, 0.25) is 0 Å². The highest BCUT2D eigenvalue weighted by atomic mass is 32.1. The normalized spacial score (nSPS) is 10.2. The molecule has 1 N–H and O–H groups in total. The highest BCUT2D eigenvalue weighted by Crippen LogP contribution is 2.27. The van der Waals surface area contributed by atoms with E-state index in [0.717, 1.165) is 5.56 Å². The third kappa shape index (κ3) is 3.00. The summed E-state index contributed by atoms with van der Waals surface area (Å²) in [5.41, 5.74) is 0.947. The Morgan fingerprint density at radius 2 is 2.32 bits per heavy atom. The molecule has 0 atom stereocenters. The Balaban J connectivity index is 2.12. The van der Waals surface area contributed by atoms with E-state index in [1.54, 1.807) is 19.9 Å². The van der Waals surface area contributed by atoms with Crippen LogP contribution in [-0.4, -0.2) is 23.6 Å². The van der Waals surface area contributed by atoms with Crippen LogP contribution in [-0.2, 0) is 4.74 Å². The number of thiophene rings is 1. The number of rotatable bonds is 4. The van der Waals surface area contributed by atoms with Crippen molar-refractivity contribution in [3.63, 3.8) is 0 Å². The van der Waals surface area contributed by atoms with Crippen molar-refractivity contribution in [2.24, 2.45) is 0 Å². The van der Waals surface area contributed by atoms with Gasteiger partial charge in [0, 0.05) is 6.07 Å². The average Bonchev–Trinajstić information content (AvgIpc) is 2.99. The molecule has 100 valence electrons. The van der Waals surface area contributed by atoms with Gasteiger partial charge in [-0.15, -0.1) is 11.3 Å². The first kappa shape index (κ1) is 13.3. The van der Waals surface area contributed by atoms with Crippen LogP contribution in [0.3, 0.4) is 0 Å². The fraction of sp³-hybridized carbons (Fsp3) is 0.250. The van der Waals surface area contributed by atoms with Crippen molar-refractivity contribution >= 4 is 28.2 Å². The largest absolute Gasteiger partial charge is 0.462 e. The smallest absolute Gasteiger partial charge is 0.348 e. The van der Waals surface area contributed by atoms with E-state index in [9.17, 15) is 9.59 Å². The second kappa shape index (κ2) is 5.66. The van der Waals surface area contributed by atoms with Crippen molar-refractivity contribution < 1.29 is 18.8 Å². The minimum atomic E-state index is -0.384. The lowest BCUT2D eigenvalue weighted by atomic mass is 10.3. The van der Waals surface area contributed by atoms with E-state index in [4.69, 9.17) is 4.74 Å². The number of esters is 1. The van der Waals surface area contributed by atoms with Crippen molar-refractivity contribution in [2.75, 3.05) is 11.9 Å². The van der Waals surface area contributed by atoms with Gasteiger partial charge in [-0.1, -0.05) is 5.16 Å². The molecule has 0 aliphatic rings. The van der Waals surface area contributed by atoms with Gasteiger partial charge in [-0.2, -0.15) is 0 Å². The molecule has 0 saturated heterocycles. The van der Waals surface area contributed by atoms with Gasteiger partial charge in [0.2, 0.25) is 0 Å². The maximum Gasteiger partial charge on any atom is 0.348 e. The van der Waals surface area contributed by atoms with Crippen molar-refractivity contribution in [3.05, 3.63) is 34.5 Å². The number of amides is 1. The van der Waals surface area contributed by atoms with Crippen LogP contribution in [0.1, 0.15) is 32.6 Å². The first-order valence-corrected chi connectivity index (χ1v) is 6.42. The van der Waals surface area contributed by atoms with Crippen LogP contribution in [0, 0.1) is 6.92 Å². The fourth-order valence-electron chi connectivity index (χ4n) is 1.45. The van der Waals surface area contributed by atoms with Gasteiger partial charge in [0.25, 0.3) is 5.91 Å². The Bertz CT molecular complexity index is 589. The molecule has 2 aromatic rings. The van der Waals surface area contributed by atoms with Gasteiger partial charge in [-0.3, -0.25) is 4.79 Å². The molecule has 0 aromatic carbocycles. The molecule has 2 rings (SSSR count). The maximum absolute atomic E-state index is 11.7. The van der Waals surface area contributed by atoms with Crippen LogP contribution < -0.4 is 5.32 Å². The summed E-state index contributed by atoms with van der Waals surface area (Å²) in [7, 11) is 0. The number of carbonyl (C=O) groups excluding carboxylic acids is 2. The Morgan fingerprint density at radius 1 is 1.53 bits per heavy atom. The summed E-state index contributed by atoms with van der Waals surface area (Å²) in [5, 5.41) is 6.75. The molecular weight excluding hydrogens is 268 g/mol. The summed E-state index contributed by atoms with van der Waals surface area (Å²) in [4.78, 5) is 23.9. The Labute approximate surface area is 113 Å². The van der Waals surface area contributed by atoms with Gasteiger partial charge in [-0.25, -0.2) is 4.79 Å². The molecule has 2 heterocycles. The Hall–Kier alpha value is -2.15. The molecule has 0 fully saturated rings. The molecule has 1 amide bonds. The summed E-state index contributed by atoms with van der Waals surface area (Å²) >= 11 is 1.17. The summed E-state index contributed by atoms with van der Waals surface area (Å²) < 4.78 is 9.52. The van der Waals surface area contributed by atoms with E-state index < -0.39 is 0 Å². The Kier molecular flexibility index (Phi) is 3.96. The Morgan fingerprint density at radius 3 is 2.95 bits per heavy atom. The summed E-state index contributed by atoms with van der Waals surface area (Å²) in [6.45, 7) is 3.85. The third-order valence-electron chi connectivity index (χ3n) is 2.29. The molecule has 2 aromatic heterocycles. The van der Waals surface area contributed by atoms with E-state index in [1.165, 1.54) is 23.7 Å². The van der Waals surface area contributed by atoms with Gasteiger partial charge in [-0.05, 0) is 25.5 Å². The predicted molar refractivity (Wildman–Crippen MR) is 69.5 cm³/mol. The van der Waals surface area contributed by atoms with E-state index in [1.807, 2.05) is 0 Å². The molecular formula is C12H12N2O4S. The zero-order valence-corrected chi connectivity index (χ0v) is 11.2. The molecule has 19 heavy (non-hydrogen) atoms. The molecule has 0 aliphatic heterocycles. The minimum absolute atomic E-state index is 0.184. The van der Waals surface area contributed by atoms with Crippen LogP contribution >= 0.6 is 11.3 Å². The number of nitrogens with one attached hydrogen (secondary N) is 1. The topological polar surface area (TPSA) is 81.4 Å². The van der Waals surface area contributed by atoms with E-state index in [0.29, 0.717) is 16.5 Å². The van der Waals surface area contributed by atoms with E-state index in [-0.39, 0.29) is 17.6 Å².